The molecule has 0 bridgehead atoms. The molecular weight excluding hydrogens is 404 g/mol. The van der Waals surface area contributed by atoms with Gasteiger partial charge in [0.25, 0.3) is 15.9 Å². The molecule has 8 nitrogen and oxygen atoms in total. The first-order valence-corrected chi connectivity index (χ1v) is 11.5. The van der Waals surface area contributed by atoms with E-state index in [4.69, 9.17) is 10.5 Å². The fourth-order valence-corrected chi connectivity index (χ4v) is 5.19. The molecule has 0 radical (unpaired) electrons. The normalized spacial score (nSPS) is 19.3. The molecule has 1 aliphatic carbocycles. The summed E-state index contributed by atoms with van der Waals surface area (Å²) in [6, 6.07) is 8.56. The molecule has 0 atom stereocenters. The van der Waals surface area contributed by atoms with Gasteiger partial charge in [-0.15, -0.1) is 4.40 Å². The van der Waals surface area contributed by atoms with E-state index in [2.05, 4.69) is 14.7 Å². The van der Waals surface area contributed by atoms with Gasteiger partial charge in [-0.25, -0.2) is 8.42 Å². The lowest BCUT2D eigenvalue weighted by Gasteiger charge is -2.38. The van der Waals surface area contributed by atoms with Crippen molar-refractivity contribution in [3.8, 4) is 5.75 Å². The van der Waals surface area contributed by atoms with Crippen molar-refractivity contribution in [1.82, 2.24) is 10.3 Å². The number of fused-ring (bicyclic) bond motifs is 1. The summed E-state index contributed by atoms with van der Waals surface area (Å²) in [5.74, 6) is 0.0479. The second-order valence-corrected chi connectivity index (χ2v) is 9.45. The molecule has 1 aromatic carbocycles. The molecule has 9 heteroatoms. The van der Waals surface area contributed by atoms with E-state index >= 15 is 0 Å². The third kappa shape index (κ3) is 4.30. The monoisotopic (exact) mass is 428 g/mol. The molecule has 2 aromatic rings. The summed E-state index contributed by atoms with van der Waals surface area (Å²) >= 11 is 0. The number of hydrogen-bond acceptors (Lipinski definition) is 6. The lowest BCUT2D eigenvalue weighted by Crippen LogP contribution is -2.54. The number of ether oxygens (including phenoxy) is 1. The minimum absolute atomic E-state index is 0.0645. The lowest BCUT2D eigenvalue weighted by molar-refractivity contribution is 0.0788. The molecule has 0 unspecified atom stereocenters. The number of amides is 1. The highest BCUT2D eigenvalue weighted by atomic mass is 32.2. The highest BCUT2D eigenvalue weighted by Gasteiger charge is 2.35. The Morgan fingerprint density at radius 3 is 2.60 bits per heavy atom. The van der Waals surface area contributed by atoms with E-state index in [9.17, 15) is 13.2 Å². The highest BCUT2D eigenvalue weighted by molar-refractivity contribution is 7.89. The molecule has 4 rings (SSSR count). The lowest BCUT2D eigenvalue weighted by atomic mass is 9.82. The van der Waals surface area contributed by atoms with Crippen LogP contribution in [0.2, 0.25) is 0 Å². The second-order valence-electron chi connectivity index (χ2n) is 7.81. The minimum Gasteiger partial charge on any atom is -0.490 e. The number of hydrogen-bond donors (Lipinski definition) is 2. The van der Waals surface area contributed by atoms with Gasteiger partial charge >= 0.3 is 0 Å². The van der Waals surface area contributed by atoms with E-state index in [0.717, 1.165) is 32.1 Å². The SMILES string of the molecule is NC1=NS(=O)(=O)Cc2cccc(OCC3(NC(=O)c4ccncc4)CCCCC3)c21. The minimum atomic E-state index is -3.61. The number of aromatic nitrogens is 1. The van der Waals surface area contributed by atoms with Gasteiger partial charge in [0.1, 0.15) is 18.2 Å². The van der Waals surface area contributed by atoms with Crippen molar-refractivity contribution in [3.63, 3.8) is 0 Å². The Morgan fingerprint density at radius 2 is 1.87 bits per heavy atom. The standard InChI is InChI=1S/C21H24N4O4S/c22-19-18-16(13-30(27,28)25-19)5-4-6-17(18)29-14-21(9-2-1-3-10-21)24-20(26)15-7-11-23-12-8-15/h4-8,11-12H,1-3,9-10,13-14H2,(H2,22,25)(H,24,26). The predicted molar refractivity (Wildman–Crippen MR) is 113 cm³/mol. The second kappa shape index (κ2) is 8.06. The molecule has 1 amide bonds. The topological polar surface area (TPSA) is 124 Å². The Hall–Kier alpha value is -2.94. The molecule has 30 heavy (non-hydrogen) atoms. The van der Waals surface area contributed by atoms with Crippen molar-refractivity contribution in [3.05, 3.63) is 59.4 Å². The first kappa shape index (κ1) is 20.3. The molecule has 1 fully saturated rings. The molecule has 3 N–H and O–H groups in total. The third-order valence-corrected chi connectivity index (χ3v) is 6.73. The van der Waals surface area contributed by atoms with Gasteiger partial charge in [-0.2, -0.15) is 0 Å². The Kier molecular flexibility index (Phi) is 5.46. The molecule has 2 heterocycles. The van der Waals surface area contributed by atoms with E-state index in [1.165, 1.54) is 0 Å². The number of nitrogens with zero attached hydrogens (tertiary/aromatic N) is 2. The summed E-state index contributed by atoms with van der Waals surface area (Å²) in [7, 11) is -3.61. The van der Waals surface area contributed by atoms with Crippen LogP contribution in [0.3, 0.4) is 0 Å². The Bertz CT molecular complexity index is 1080. The summed E-state index contributed by atoms with van der Waals surface area (Å²) in [4.78, 5) is 16.7. The molecule has 0 saturated heterocycles. The van der Waals surface area contributed by atoms with Crippen LogP contribution in [-0.4, -0.2) is 37.3 Å². The smallest absolute Gasteiger partial charge is 0.259 e. The number of carbonyl (C=O) groups is 1. The maximum Gasteiger partial charge on any atom is 0.259 e. The number of nitrogens with two attached hydrogens (primary N) is 1. The van der Waals surface area contributed by atoms with E-state index in [-0.39, 0.29) is 24.1 Å². The zero-order valence-corrected chi connectivity index (χ0v) is 17.3. The van der Waals surface area contributed by atoms with E-state index < -0.39 is 15.6 Å². The third-order valence-electron chi connectivity index (χ3n) is 5.58. The van der Waals surface area contributed by atoms with Crippen LogP contribution in [0.5, 0.6) is 5.75 Å². The first-order chi connectivity index (χ1) is 14.4. The number of pyridine rings is 1. The van der Waals surface area contributed by atoms with Crippen LogP contribution in [0.15, 0.2) is 47.1 Å². The Balaban J connectivity index is 1.57. The number of sulfonamides is 1. The molecule has 0 spiro atoms. The van der Waals surface area contributed by atoms with Gasteiger partial charge in [-0.3, -0.25) is 9.78 Å². The zero-order valence-electron chi connectivity index (χ0n) is 16.5. The van der Waals surface area contributed by atoms with Crippen molar-refractivity contribution in [2.24, 2.45) is 10.1 Å². The maximum absolute atomic E-state index is 12.8. The number of nitrogens with one attached hydrogen (secondary N) is 1. The fraction of sp³-hybridized carbons (Fsp3) is 0.381. The van der Waals surface area contributed by atoms with Crippen LogP contribution in [0.4, 0.5) is 0 Å². The average molecular weight is 429 g/mol. The van der Waals surface area contributed by atoms with Crippen LogP contribution in [0.1, 0.15) is 53.6 Å². The van der Waals surface area contributed by atoms with Gasteiger partial charge in [-0.1, -0.05) is 31.4 Å². The van der Waals surface area contributed by atoms with Crippen LogP contribution in [-0.2, 0) is 15.8 Å². The van der Waals surface area contributed by atoms with Gasteiger partial charge in [0.05, 0.1) is 16.9 Å². The summed E-state index contributed by atoms with van der Waals surface area (Å²) in [6.45, 7) is 0.264. The summed E-state index contributed by atoms with van der Waals surface area (Å²) < 4.78 is 33.5. The van der Waals surface area contributed by atoms with E-state index in [0.29, 0.717) is 22.4 Å². The van der Waals surface area contributed by atoms with Crippen LogP contribution in [0.25, 0.3) is 0 Å². The number of rotatable bonds is 5. The van der Waals surface area contributed by atoms with Crippen molar-refractivity contribution in [1.29, 1.82) is 0 Å². The molecule has 1 aromatic heterocycles. The quantitative estimate of drug-likeness (QED) is 0.752. The average Bonchev–Trinajstić information content (AvgIpc) is 2.72. The van der Waals surface area contributed by atoms with Crippen LogP contribution in [0, 0.1) is 0 Å². The number of benzene rings is 1. The van der Waals surface area contributed by atoms with Crippen molar-refractivity contribution >= 4 is 21.8 Å². The predicted octanol–water partition coefficient (Wildman–Crippen LogP) is 2.14. The van der Waals surface area contributed by atoms with Crippen LogP contribution < -0.4 is 15.8 Å². The molecule has 1 aliphatic heterocycles. The van der Waals surface area contributed by atoms with Crippen molar-refractivity contribution < 1.29 is 17.9 Å². The Labute approximate surface area is 175 Å². The van der Waals surface area contributed by atoms with Crippen molar-refractivity contribution in [2.75, 3.05) is 6.61 Å². The van der Waals surface area contributed by atoms with Crippen molar-refractivity contribution in [2.45, 2.75) is 43.4 Å². The van der Waals surface area contributed by atoms with Gasteiger partial charge in [-0.05, 0) is 36.6 Å². The molecule has 158 valence electrons. The maximum atomic E-state index is 12.8. The zero-order chi connectivity index (χ0) is 21.2. The fourth-order valence-electron chi connectivity index (χ4n) is 4.10. The van der Waals surface area contributed by atoms with E-state index in [1.54, 1.807) is 42.7 Å². The summed E-state index contributed by atoms with van der Waals surface area (Å²) in [6.07, 6.45) is 7.89. The highest BCUT2D eigenvalue weighted by Crippen LogP contribution is 2.32. The van der Waals surface area contributed by atoms with Gasteiger partial charge in [0.15, 0.2) is 0 Å². The first-order valence-electron chi connectivity index (χ1n) is 9.93. The van der Waals surface area contributed by atoms with E-state index in [1.807, 2.05) is 0 Å². The summed E-state index contributed by atoms with van der Waals surface area (Å²) in [5, 5.41) is 3.17. The largest absolute Gasteiger partial charge is 0.490 e. The Morgan fingerprint density at radius 1 is 1.13 bits per heavy atom. The van der Waals surface area contributed by atoms with Gasteiger partial charge < -0.3 is 15.8 Å². The van der Waals surface area contributed by atoms with Crippen LogP contribution >= 0.6 is 0 Å². The number of carbonyl (C=O) groups excluding carboxylic acids is 1. The van der Waals surface area contributed by atoms with Gasteiger partial charge in [0, 0.05) is 18.0 Å². The van der Waals surface area contributed by atoms with Gasteiger partial charge in [0.2, 0.25) is 0 Å². The molecule has 2 aliphatic rings. The number of amidine groups is 1. The summed E-state index contributed by atoms with van der Waals surface area (Å²) in [5.41, 5.74) is 7.06. The molecular formula is C21H24N4O4S. The molecule has 1 saturated carbocycles.